The van der Waals surface area contributed by atoms with E-state index >= 15 is 0 Å². The molecule has 2 aromatic carbocycles. The van der Waals surface area contributed by atoms with Crippen LogP contribution >= 0.6 is 0 Å². The fourth-order valence-electron chi connectivity index (χ4n) is 1.71. The molecule has 0 unspecified atom stereocenters. The second-order valence-corrected chi connectivity index (χ2v) is 4.23. The van der Waals surface area contributed by atoms with E-state index in [9.17, 15) is 4.79 Å². The smallest absolute Gasteiger partial charge is 0.395 e. The van der Waals surface area contributed by atoms with Crippen molar-refractivity contribution in [1.82, 2.24) is 0 Å². The lowest BCUT2D eigenvalue weighted by molar-refractivity contribution is 0.151. The number of para-hydroxylation sites is 1. The molecule has 0 aliphatic carbocycles. The molecule has 0 amide bonds. The van der Waals surface area contributed by atoms with Crippen LogP contribution in [0.5, 0.6) is 11.5 Å². The Morgan fingerprint density at radius 2 is 1.68 bits per heavy atom. The van der Waals surface area contributed by atoms with Gasteiger partial charge in [-0.2, -0.15) is 0 Å². The van der Waals surface area contributed by atoms with Crippen LogP contribution in [0.3, 0.4) is 0 Å². The maximum absolute atomic E-state index is 11.7. The van der Waals surface area contributed by atoms with E-state index in [1.807, 2.05) is 44.2 Å². The van der Waals surface area contributed by atoms with Gasteiger partial charge in [0.05, 0.1) is 0 Å². The number of carbonyl (C=O) groups is 1. The SMILES string of the molecule is CCc1ccccc1OC(=O)Oc1ccc(C)cc1. The van der Waals surface area contributed by atoms with E-state index in [1.165, 1.54) is 0 Å². The standard InChI is InChI=1S/C16H16O3/c1-3-13-6-4-5-7-15(13)19-16(17)18-14-10-8-12(2)9-11-14/h4-11H,3H2,1-2H3. The molecule has 0 saturated carbocycles. The molecule has 0 fully saturated rings. The summed E-state index contributed by atoms with van der Waals surface area (Å²) in [6.07, 6.45) is 0.0818. The minimum atomic E-state index is -0.718. The first kappa shape index (κ1) is 13.1. The van der Waals surface area contributed by atoms with Crippen LogP contribution in [-0.4, -0.2) is 6.16 Å². The van der Waals surface area contributed by atoms with Crippen molar-refractivity contribution >= 4 is 6.16 Å². The van der Waals surface area contributed by atoms with Crippen LogP contribution in [0.1, 0.15) is 18.1 Å². The summed E-state index contributed by atoms with van der Waals surface area (Å²) < 4.78 is 10.3. The summed E-state index contributed by atoms with van der Waals surface area (Å²) in [6.45, 7) is 3.98. The summed E-state index contributed by atoms with van der Waals surface area (Å²) in [5.41, 5.74) is 2.08. The first-order valence-corrected chi connectivity index (χ1v) is 6.23. The molecule has 3 heteroatoms. The Kier molecular flexibility index (Phi) is 4.18. The van der Waals surface area contributed by atoms with Gasteiger partial charge in [0, 0.05) is 0 Å². The highest BCUT2D eigenvalue weighted by atomic mass is 16.7. The second-order valence-electron chi connectivity index (χ2n) is 4.23. The first-order valence-electron chi connectivity index (χ1n) is 6.23. The fraction of sp³-hybridized carbons (Fsp3) is 0.188. The molecule has 0 heterocycles. The van der Waals surface area contributed by atoms with Crippen LogP contribution in [0.2, 0.25) is 0 Å². The molecular formula is C16H16O3. The molecule has 0 radical (unpaired) electrons. The van der Waals surface area contributed by atoms with E-state index < -0.39 is 6.16 Å². The Labute approximate surface area is 112 Å². The molecule has 0 bridgehead atoms. The molecule has 3 nitrogen and oxygen atoms in total. The van der Waals surface area contributed by atoms with Gasteiger partial charge in [-0.25, -0.2) is 4.79 Å². The first-order chi connectivity index (χ1) is 9.19. The van der Waals surface area contributed by atoms with Crippen molar-refractivity contribution in [3.05, 3.63) is 59.7 Å². The van der Waals surface area contributed by atoms with Gasteiger partial charge < -0.3 is 9.47 Å². The molecule has 2 rings (SSSR count). The summed E-state index contributed by atoms with van der Waals surface area (Å²) in [6, 6.07) is 14.7. The lowest BCUT2D eigenvalue weighted by atomic mass is 10.1. The molecule has 2 aromatic rings. The van der Waals surface area contributed by atoms with Crippen molar-refractivity contribution in [2.75, 3.05) is 0 Å². The highest BCUT2D eigenvalue weighted by Crippen LogP contribution is 2.19. The third-order valence-corrected chi connectivity index (χ3v) is 2.77. The normalized spacial score (nSPS) is 10.0. The molecule has 0 spiro atoms. The van der Waals surface area contributed by atoms with Crippen LogP contribution in [0.4, 0.5) is 4.79 Å². The third kappa shape index (κ3) is 3.58. The van der Waals surface area contributed by atoms with Gasteiger partial charge in [-0.3, -0.25) is 0 Å². The molecule has 0 aromatic heterocycles. The Hall–Kier alpha value is -2.29. The summed E-state index contributed by atoms with van der Waals surface area (Å²) in [5.74, 6) is 1.02. The third-order valence-electron chi connectivity index (χ3n) is 2.77. The average Bonchev–Trinajstić information content (AvgIpc) is 2.42. The van der Waals surface area contributed by atoms with E-state index in [1.54, 1.807) is 18.2 Å². The van der Waals surface area contributed by atoms with Crippen LogP contribution in [0, 0.1) is 6.92 Å². The lowest BCUT2D eigenvalue weighted by Crippen LogP contribution is -2.14. The lowest BCUT2D eigenvalue weighted by Gasteiger charge is -2.08. The zero-order chi connectivity index (χ0) is 13.7. The van der Waals surface area contributed by atoms with Crippen LogP contribution < -0.4 is 9.47 Å². The van der Waals surface area contributed by atoms with Gasteiger partial charge in [-0.15, -0.1) is 0 Å². The van der Waals surface area contributed by atoms with E-state index in [-0.39, 0.29) is 0 Å². The van der Waals surface area contributed by atoms with Crippen LogP contribution in [0.25, 0.3) is 0 Å². The molecule has 98 valence electrons. The van der Waals surface area contributed by atoms with Gasteiger partial charge in [-0.05, 0) is 37.1 Å². The van der Waals surface area contributed by atoms with E-state index in [0.717, 1.165) is 17.5 Å². The zero-order valence-electron chi connectivity index (χ0n) is 11.1. The van der Waals surface area contributed by atoms with Gasteiger partial charge in [-0.1, -0.05) is 42.8 Å². The quantitative estimate of drug-likeness (QED) is 0.611. The largest absolute Gasteiger partial charge is 0.519 e. The Balaban J connectivity index is 2.03. The number of benzene rings is 2. The van der Waals surface area contributed by atoms with Gasteiger partial charge in [0.1, 0.15) is 11.5 Å². The Morgan fingerprint density at radius 1 is 1.00 bits per heavy atom. The average molecular weight is 256 g/mol. The van der Waals surface area contributed by atoms with Crippen molar-refractivity contribution in [3.63, 3.8) is 0 Å². The van der Waals surface area contributed by atoms with E-state index in [2.05, 4.69) is 0 Å². The predicted molar refractivity (Wildman–Crippen MR) is 73.7 cm³/mol. The Bertz CT molecular complexity index is 558. The van der Waals surface area contributed by atoms with Gasteiger partial charge in [0.15, 0.2) is 0 Å². The van der Waals surface area contributed by atoms with Crippen LogP contribution in [0.15, 0.2) is 48.5 Å². The number of aryl methyl sites for hydroxylation is 2. The summed E-state index contributed by atoms with van der Waals surface area (Å²) in [5, 5.41) is 0. The van der Waals surface area contributed by atoms with E-state index in [0.29, 0.717) is 11.5 Å². The number of carbonyl (C=O) groups excluding carboxylic acids is 1. The molecular weight excluding hydrogens is 240 g/mol. The van der Waals surface area contributed by atoms with Crippen LogP contribution in [-0.2, 0) is 6.42 Å². The topological polar surface area (TPSA) is 35.5 Å². The summed E-state index contributed by atoms with van der Waals surface area (Å²) in [4.78, 5) is 11.7. The number of ether oxygens (including phenoxy) is 2. The monoisotopic (exact) mass is 256 g/mol. The minimum absolute atomic E-state index is 0.476. The second kappa shape index (κ2) is 6.05. The molecule has 0 aliphatic rings. The van der Waals surface area contributed by atoms with Gasteiger partial charge in [0.25, 0.3) is 0 Å². The number of hydrogen-bond donors (Lipinski definition) is 0. The summed E-state index contributed by atoms with van der Waals surface area (Å²) in [7, 11) is 0. The maximum atomic E-state index is 11.7. The molecule has 0 N–H and O–H groups in total. The van der Waals surface area contributed by atoms with Crippen molar-refractivity contribution in [1.29, 1.82) is 0 Å². The van der Waals surface area contributed by atoms with Crippen molar-refractivity contribution < 1.29 is 14.3 Å². The maximum Gasteiger partial charge on any atom is 0.519 e. The molecule has 0 atom stereocenters. The summed E-state index contributed by atoms with van der Waals surface area (Å²) >= 11 is 0. The highest BCUT2D eigenvalue weighted by molar-refractivity contribution is 5.67. The van der Waals surface area contributed by atoms with Crippen molar-refractivity contribution in [2.45, 2.75) is 20.3 Å². The van der Waals surface area contributed by atoms with Gasteiger partial charge >= 0.3 is 6.16 Å². The van der Waals surface area contributed by atoms with Crippen molar-refractivity contribution in [2.24, 2.45) is 0 Å². The number of rotatable bonds is 3. The highest BCUT2D eigenvalue weighted by Gasteiger charge is 2.10. The van der Waals surface area contributed by atoms with Crippen molar-refractivity contribution in [3.8, 4) is 11.5 Å². The van der Waals surface area contributed by atoms with Gasteiger partial charge in [0.2, 0.25) is 0 Å². The van der Waals surface area contributed by atoms with E-state index in [4.69, 9.17) is 9.47 Å². The molecule has 0 aliphatic heterocycles. The zero-order valence-corrected chi connectivity index (χ0v) is 11.1. The minimum Gasteiger partial charge on any atom is -0.395 e. The molecule has 0 saturated heterocycles. The Morgan fingerprint density at radius 3 is 2.37 bits per heavy atom. The fourth-order valence-corrected chi connectivity index (χ4v) is 1.71. The number of hydrogen-bond acceptors (Lipinski definition) is 3. The molecule has 19 heavy (non-hydrogen) atoms. The predicted octanol–water partition coefficient (Wildman–Crippen LogP) is 4.14.